The maximum Gasteiger partial charge on any atom is 0.342 e. The molecular formula is C7H10O4. The van der Waals surface area contributed by atoms with E-state index in [0.717, 1.165) is 0 Å². The summed E-state index contributed by atoms with van der Waals surface area (Å²) < 4.78 is 9.29. The van der Waals surface area contributed by atoms with Gasteiger partial charge < -0.3 is 9.47 Å². The minimum absolute atomic E-state index is 0.178. The van der Waals surface area contributed by atoms with Crippen LogP contribution >= 0.6 is 0 Å². The van der Waals surface area contributed by atoms with Crippen molar-refractivity contribution in [2.24, 2.45) is 0 Å². The Kier molecular flexibility index (Phi) is 2.59. The molecule has 1 aliphatic heterocycles. The van der Waals surface area contributed by atoms with Crippen molar-refractivity contribution in [3.63, 3.8) is 0 Å². The zero-order valence-corrected chi connectivity index (χ0v) is 6.33. The molecule has 4 nitrogen and oxygen atoms in total. The van der Waals surface area contributed by atoms with Gasteiger partial charge in [-0.2, -0.15) is 0 Å². The Morgan fingerprint density at radius 1 is 1.73 bits per heavy atom. The van der Waals surface area contributed by atoms with E-state index in [1.807, 2.05) is 0 Å². The Hall–Kier alpha value is -0.900. The molecule has 0 radical (unpaired) electrons. The zero-order valence-electron chi connectivity index (χ0n) is 6.33. The molecule has 1 rings (SSSR count). The second-order valence-corrected chi connectivity index (χ2v) is 2.34. The number of methoxy groups -OCH3 is 1. The van der Waals surface area contributed by atoms with Crippen molar-refractivity contribution in [1.29, 1.82) is 0 Å². The van der Waals surface area contributed by atoms with Gasteiger partial charge in [0.1, 0.15) is 0 Å². The molecule has 1 heterocycles. The van der Waals surface area contributed by atoms with Crippen LogP contribution in [0.15, 0.2) is 0 Å². The van der Waals surface area contributed by atoms with E-state index in [4.69, 9.17) is 4.74 Å². The number of esters is 1. The summed E-state index contributed by atoms with van der Waals surface area (Å²) >= 11 is 0. The van der Waals surface area contributed by atoms with Crippen molar-refractivity contribution in [3.8, 4) is 0 Å². The molecule has 1 unspecified atom stereocenters. The first-order valence-electron chi connectivity index (χ1n) is 3.48. The zero-order chi connectivity index (χ0) is 8.27. The Labute approximate surface area is 64.5 Å². The van der Waals surface area contributed by atoms with Crippen LogP contribution in [0, 0.1) is 0 Å². The SMILES string of the molecule is COC(=O)C1OCCCC1=O. The highest BCUT2D eigenvalue weighted by molar-refractivity contribution is 6.02. The van der Waals surface area contributed by atoms with Gasteiger partial charge in [-0.15, -0.1) is 0 Å². The molecule has 1 aliphatic rings. The van der Waals surface area contributed by atoms with Crippen molar-refractivity contribution in [3.05, 3.63) is 0 Å². The molecular weight excluding hydrogens is 148 g/mol. The molecule has 1 saturated heterocycles. The summed E-state index contributed by atoms with van der Waals surface area (Å²) in [6, 6.07) is 0. The summed E-state index contributed by atoms with van der Waals surface area (Å²) in [6.07, 6.45) is 0.153. The molecule has 0 amide bonds. The normalized spacial score (nSPS) is 24.8. The molecule has 1 fully saturated rings. The minimum Gasteiger partial charge on any atom is -0.467 e. The number of carbonyl (C=O) groups excluding carboxylic acids is 2. The lowest BCUT2D eigenvalue weighted by Gasteiger charge is -2.18. The third-order valence-electron chi connectivity index (χ3n) is 1.56. The predicted octanol–water partition coefficient (Wildman–Crippen LogP) is -0.0925. The summed E-state index contributed by atoms with van der Waals surface area (Å²) in [5.74, 6) is -0.766. The molecule has 11 heavy (non-hydrogen) atoms. The minimum atomic E-state index is -0.964. The van der Waals surface area contributed by atoms with Gasteiger partial charge in [0.25, 0.3) is 0 Å². The quantitative estimate of drug-likeness (QED) is 0.395. The fourth-order valence-electron chi connectivity index (χ4n) is 0.978. The number of ketones is 1. The molecule has 4 heteroatoms. The van der Waals surface area contributed by atoms with Gasteiger partial charge in [0.2, 0.25) is 6.10 Å². The average Bonchev–Trinajstić information content (AvgIpc) is 2.04. The molecule has 0 saturated carbocycles. The third kappa shape index (κ3) is 1.77. The van der Waals surface area contributed by atoms with Crippen LogP contribution in [0.25, 0.3) is 0 Å². The van der Waals surface area contributed by atoms with Gasteiger partial charge in [-0.05, 0) is 6.42 Å². The number of carbonyl (C=O) groups is 2. The van der Waals surface area contributed by atoms with Crippen molar-refractivity contribution >= 4 is 11.8 Å². The van der Waals surface area contributed by atoms with Crippen LogP contribution < -0.4 is 0 Å². The molecule has 0 aromatic heterocycles. The standard InChI is InChI=1S/C7H10O4/c1-10-7(9)6-5(8)3-2-4-11-6/h6H,2-4H2,1H3. The topological polar surface area (TPSA) is 52.6 Å². The lowest BCUT2D eigenvalue weighted by molar-refractivity contribution is -0.162. The lowest BCUT2D eigenvalue weighted by atomic mass is 10.1. The van der Waals surface area contributed by atoms with E-state index in [0.29, 0.717) is 19.4 Å². The Morgan fingerprint density at radius 3 is 3.00 bits per heavy atom. The molecule has 0 aliphatic carbocycles. The highest BCUT2D eigenvalue weighted by Crippen LogP contribution is 2.09. The van der Waals surface area contributed by atoms with Gasteiger partial charge in [-0.3, -0.25) is 4.79 Å². The first-order valence-corrected chi connectivity index (χ1v) is 3.48. The smallest absolute Gasteiger partial charge is 0.342 e. The first kappa shape index (κ1) is 8.20. The van der Waals surface area contributed by atoms with Gasteiger partial charge in [0.15, 0.2) is 5.78 Å². The van der Waals surface area contributed by atoms with E-state index < -0.39 is 12.1 Å². The van der Waals surface area contributed by atoms with Crippen LogP contribution in [0.2, 0.25) is 0 Å². The number of rotatable bonds is 1. The Morgan fingerprint density at radius 2 is 2.45 bits per heavy atom. The van der Waals surface area contributed by atoms with Crippen molar-refractivity contribution in [1.82, 2.24) is 0 Å². The molecule has 0 spiro atoms. The number of hydrogen-bond acceptors (Lipinski definition) is 4. The highest BCUT2D eigenvalue weighted by atomic mass is 16.6. The van der Waals surface area contributed by atoms with Crippen molar-refractivity contribution in [2.45, 2.75) is 18.9 Å². The van der Waals surface area contributed by atoms with Crippen molar-refractivity contribution < 1.29 is 19.1 Å². The fourth-order valence-corrected chi connectivity index (χ4v) is 0.978. The molecule has 0 N–H and O–H groups in total. The van der Waals surface area contributed by atoms with Crippen LogP contribution in [0.5, 0.6) is 0 Å². The van der Waals surface area contributed by atoms with Crippen LogP contribution in [0.1, 0.15) is 12.8 Å². The first-order chi connectivity index (χ1) is 5.25. The third-order valence-corrected chi connectivity index (χ3v) is 1.56. The number of Topliss-reactive ketones (excluding diaryl/α,β-unsaturated/α-hetero) is 1. The highest BCUT2D eigenvalue weighted by Gasteiger charge is 2.30. The van der Waals surface area contributed by atoms with Gasteiger partial charge in [-0.25, -0.2) is 4.79 Å². The largest absolute Gasteiger partial charge is 0.467 e. The average molecular weight is 158 g/mol. The second kappa shape index (κ2) is 3.48. The second-order valence-electron chi connectivity index (χ2n) is 2.34. The molecule has 0 aromatic carbocycles. The summed E-state index contributed by atoms with van der Waals surface area (Å²) in [4.78, 5) is 21.8. The fraction of sp³-hybridized carbons (Fsp3) is 0.714. The number of hydrogen-bond donors (Lipinski definition) is 0. The predicted molar refractivity (Wildman–Crippen MR) is 36.0 cm³/mol. The maximum atomic E-state index is 11.0. The van der Waals surface area contributed by atoms with Gasteiger partial charge in [-0.1, -0.05) is 0 Å². The van der Waals surface area contributed by atoms with Gasteiger partial charge in [0.05, 0.1) is 7.11 Å². The maximum absolute atomic E-state index is 11.0. The van der Waals surface area contributed by atoms with E-state index in [1.165, 1.54) is 7.11 Å². The van der Waals surface area contributed by atoms with Crippen LogP contribution in [-0.4, -0.2) is 31.6 Å². The van der Waals surface area contributed by atoms with Crippen LogP contribution in [0.3, 0.4) is 0 Å². The number of ether oxygens (including phenoxy) is 2. The van der Waals surface area contributed by atoms with E-state index in [2.05, 4.69) is 4.74 Å². The van der Waals surface area contributed by atoms with E-state index >= 15 is 0 Å². The van der Waals surface area contributed by atoms with E-state index in [9.17, 15) is 9.59 Å². The summed E-state index contributed by atoms with van der Waals surface area (Å²) in [5.41, 5.74) is 0. The van der Waals surface area contributed by atoms with Crippen molar-refractivity contribution in [2.75, 3.05) is 13.7 Å². The monoisotopic (exact) mass is 158 g/mol. The summed E-state index contributed by atoms with van der Waals surface area (Å²) in [5, 5.41) is 0. The van der Waals surface area contributed by atoms with Gasteiger partial charge in [0, 0.05) is 13.0 Å². The summed E-state index contributed by atoms with van der Waals surface area (Å²) in [6.45, 7) is 0.464. The molecule has 0 aromatic rings. The van der Waals surface area contributed by atoms with Gasteiger partial charge >= 0.3 is 5.97 Å². The van der Waals surface area contributed by atoms with Crippen LogP contribution in [0.4, 0.5) is 0 Å². The molecule has 62 valence electrons. The molecule has 1 atom stereocenters. The van der Waals surface area contributed by atoms with E-state index in [1.54, 1.807) is 0 Å². The lowest BCUT2D eigenvalue weighted by Crippen LogP contribution is -2.37. The Balaban J connectivity index is 2.54. The van der Waals surface area contributed by atoms with E-state index in [-0.39, 0.29) is 5.78 Å². The van der Waals surface area contributed by atoms with Crippen LogP contribution in [-0.2, 0) is 19.1 Å². The summed E-state index contributed by atoms with van der Waals surface area (Å²) in [7, 11) is 1.24. The molecule has 0 bridgehead atoms. The Bertz CT molecular complexity index is 167.